The lowest BCUT2D eigenvalue weighted by molar-refractivity contribution is -0.127. The van der Waals surface area contributed by atoms with Crippen LogP contribution in [0.3, 0.4) is 0 Å². The molecule has 0 fully saturated rings. The fourth-order valence-corrected chi connectivity index (χ4v) is 1.24. The highest BCUT2D eigenvalue weighted by Crippen LogP contribution is 2.16. The Morgan fingerprint density at radius 3 is 3.08 bits per heavy atom. The minimum Gasteiger partial charge on any atom is -0.495 e. The van der Waals surface area contributed by atoms with E-state index in [0.29, 0.717) is 11.3 Å². The number of nitrogens with one attached hydrogen (secondary N) is 1. The second kappa shape index (κ2) is 2.48. The number of ether oxygens (including phenoxy) is 1. The van der Waals surface area contributed by atoms with Crippen LogP contribution in [0, 0.1) is 0 Å². The zero-order valence-electron chi connectivity index (χ0n) is 6.29. The summed E-state index contributed by atoms with van der Waals surface area (Å²) in [5, 5.41) is 2.59. The first-order valence-electron chi connectivity index (χ1n) is 3.62. The molecule has 0 saturated carbocycles. The molecule has 0 atom stereocenters. The van der Waals surface area contributed by atoms with Crippen LogP contribution in [0.2, 0.25) is 0 Å². The highest BCUT2D eigenvalue weighted by atomic mass is 16.5. The SMILES string of the molecule is O=C1CC(=O)C2=C(COC=C2)N1. The van der Waals surface area contributed by atoms with Crippen molar-refractivity contribution < 1.29 is 14.3 Å². The van der Waals surface area contributed by atoms with Crippen molar-refractivity contribution in [2.24, 2.45) is 0 Å². The molecule has 2 aliphatic rings. The van der Waals surface area contributed by atoms with Gasteiger partial charge in [0, 0.05) is 5.57 Å². The Morgan fingerprint density at radius 2 is 2.25 bits per heavy atom. The first-order chi connectivity index (χ1) is 5.77. The zero-order chi connectivity index (χ0) is 8.55. The van der Waals surface area contributed by atoms with E-state index >= 15 is 0 Å². The third-order valence-corrected chi connectivity index (χ3v) is 1.80. The lowest BCUT2D eigenvalue weighted by Crippen LogP contribution is -2.35. The largest absolute Gasteiger partial charge is 0.495 e. The van der Waals surface area contributed by atoms with Crippen molar-refractivity contribution >= 4 is 11.7 Å². The Morgan fingerprint density at radius 1 is 1.42 bits per heavy atom. The van der Waals surface area contributed by atoms with E-state index in [1.165, 1.54) is 6.26 Å². The molecule has 0 aromatic carbocycles. The van der Waals surface area contributed by atoms with Gasteiger partial charge in [-0.15, -0.1) is 0 Å². The molecular weight excluding hydrogens is 158 g/mol. The molecule has 1 amide bonds. The molecule has 0 aromatic rings. The smallest absolute Gasteiger partial charge is 0.232 e. The molecule has 0 saturated heterocycles. The van der Waals surface area contributed by atoms with E-state index in [-0.39, 0.29) is 24.7 Å². The number of Topliss-reactive ketones (excluding diaryl/α,β-unsaturated/α-hetero) is 1. The summed E-state index contributed by atoms with van der Waals surface area (Å²) in [6.07, 6.45) is 3.00. The first-order valence-corrected chi connectivity index (χ1v) is 3.62. The minimum atomic E-state index is -0.252. The maximum Gasteiger partial charge on any atom is 0.232 e. The molecule has 0 aromatic heterocycles. The van der Waals surface area contributed by atoms with E-state index in [9.17, 15) is 9.59 Å². The number of carbonyl (C=O) groups excluding carboxylic acids is 2. The monoisotopic (exact) mass is 165 g/mol. The molecule has 2 rings (SSSR count). The van der Waals surface area contributed by atoms with Crippen LogP contribution >= 0.6 is 0 Å². The van der Waals surface area contributed by atoms with Crippen LogP contribution in [0.5, 0.6) is 0 Å². The van der Waals surface area contributed by atoms with Crippen molar-refractivity contribution in [3.05, 3.63) is 23.6 Å². The van der Waals surface area contributed by atoms with Crippen LogP contribution in [0.25, 0.3) is 0 Å². The number of hydrogen-bond donors (Lipinski definition) is 1. The van der Waals surface area contributed by atoms with Crippen molar-refractivity contribution in [3.8, 4) is 0 Å². The standard InChI is InChI=1S/C8H7NO3/c10-7-3-8(11)9-6-4-12-2-1-5(6)7/h1-2H,3-4H2,(H,9,11). The van der Waals surface area contributed by atoms with Gasteiger partial charge in [-0.1, -0.05) is 0 Å². The van der Waals surface area contributed by atoms with E-state index in [1.807, 2.05) is 0 Å². The molecule has 2 aliphatic heterocycles. The average molecular weight is 165 g/mol. The van der Waals surface area contributed by atoms with E-state index in [4.69, 9.17) is 4.74 Å². The number of rotatable bonds is 0. The fourth-order valence-electron chi connectivity index (χ4n) is 1.24. The number of ketones is 1. The van der Waals surface area contributed by atoms with Gasteiger partial charge in [0.25, 0.3) is 0 Å². The van der Waals surface area contributed by atoms with Crippen molar-refractivity contribution in [2.45, 2.75) is 6.42 Å². The Balaban J connectivity index is 2.39. The lowest BCUT2D eigenvalue weighted by atomic mass is 10.0. The number of allylic oxidation sites excluding steroid dienone is 2. The maximum absolute atomic E-state index is 11.2. The van der Waals surface area contributed by atoms with Crippen molar-refractivity contribution in [1.82, 2.24) is 5.32 Å². The van der Waals surface area contributed by atoms with E-state index < -0.39 is 0 Å². The summed E-state index contributed by atoms with van der Waals surface area (Å²) in [6, 6.07) is 0. The van der Waals surface area contributed by atoms with Gasteiger partial charge in [0.2, 0.25) is 5.91 Å². The predicted molar refractivity (Wildman–Crippen MR) is 39.9 cm³/mol. The van der Waals surface area contributed by atoms with Gasteiger partial charge in [-0.3, -0.25) is 9.59 Å². The van der Waals surface area contributed by atoms with Gasteiger partial charge in [0.1, 0.15) is 6.61 Å². The lowest BCUT2D eigenvalue weighted by Gasteiger charge is -2.20. The van der Waals surface area contributed by atoms with Gasteiger partial charge < -0.3 is 10.1 Å². The van der Waals surface area contributed by atoms with Crippen LogP contribution < -0.4 is 5.32 Å². The quantitative estimate of drug-likeness (QED) is 0.509. The fraction of sp³-hybridized carbons (Fsp3) is 0.250. The number of hydrogen-bond acceptors (Lipinski definition) is 3. The number of amides is 1. The summed E-state index contributed by atoms with van der Waals surface area (Å²) in [6.45, 7) is 0.281. The van der Waals surface area contributed by atoms with Crippen LogP contribution in [-0.4, -0.2) is 18.3 Å². The highest BCUT2D eigenvalue weighted by Gasteiger charge is 2.25. The summed E-state index contributed by atoms with van der Waals surface area (Å²) in [5.74, 6) is -0.383. The average Bonchev–Trinajstić information content (AvgIpc) is 2.04. The minimum absolute atomic E-state index is 0.0524. The molecule has 0 aliphatic carbocycles. The van der Waals surface area contributed by atoms with Crippen LogP contribution in [0.1, 0.15) is 6.42 Å². The second-order valence-electron chi connectivity index (χ2n) is 2.65. The molecule has 4 heteroatoms. The summed E-state index contributed by atoms with van der Waals surface area (Å²) in [4.78, 5) is 22.1. The molecule has 2 heterocycles. The molecule has 0 unspecified atom stereocenters. The molecule has 0 bridgehead atoms. The summed E-state index contributed by atoms with van der Waals surface area (Å²) in [5.41, 5.74) is 1.15. The zero-order valence-corrected chi connectivity index (χ0v) is 6.29. The maximum atomic E-state index is 11.2. The molecule has 0 spiro atoms. The number of carbonyl (C=O) groups is 2. The summed E-state index contributed by atoms with van der Waals surface area (Å²) >= 11 is 0. The molecule has 0 radical (unpaired) electrons. The first kappa shape index (κ1) is 7.09. The molecule has 1 N–H and O–H groups in total. The Labute approximate surface area is 68.9 Å². The summed E-state index contributed by atoms with van der Waals surface area (Å²) < 4.78 is 4.93. The second-order valence-corrected chi connectivity index (χ2v) is 2.65. The van der Waals surface area contributed by atoms with E-state index in [1.54, 1.807) is 6.08 Å². The predicted octanol–water partition coefficient (Wildman–Crippen LogP) is -0.127. The third kappa shape index (κ3) is 1.01. The molecule has 62 valence electrons. The highest BCUT2D eigenvalue weighted by molar-refractivity contribution is 6.12. The van der Waals surface area contributed by atoms with Crippen LogP contribution in [0.4, 0.5) is 0 Å². The third-order valence-electron chi connectivity index (χ3n) is 1.80. The normalized spacial score (nSPS) is 21.7. The molecule has 12 heavy (non-hydrogen) atoms. The van der Waals surface area contributed by atoms with Crippen molar-refractivity contribution in [3.63, 3.8) is 0 Å². The molecular formula is C8H7NO3. The van der Waals surface area contributed by atoms with Gasteiger partial charge in [0.15, 0.2) is 5.78 Å². The van der Waals surface area contributed by atoms with Gasteiger partial charge in [-0.2, -0.15) is 0 Å². The van der Waals surface area contributed by atoms with Crippen LogP contribution in [0.15, 0.2) is 23.6 Å². The summed E-state index contributed by atoms with van der Waals surface area (Å²) in [7, 11) is 0. The van der Waals surface area contributed by atoms with Gasteiger partial charge in [-0.25, -0.2) is 0 Å². The van der Waals surface area contributed by atoms with Gasteiger partial charge in [-0.05, 0) is 6.08 Å². The van der Waals surface area contributed by atoms with Gasteiger partial charge >= 0.3 is 0 Å². The topological polar surface area (TPSA) is 55.4 Å². The Hall–Kier alpha value is -1.58. The van der Waals surface area contributed by atoms with Crippen molar-refractivity contribution in [2.75, 3.05) is 6.61 Å². The molecule has 4 nitrogen and oxygen atoms in total. The van der Waals surface area contributed by atoms with Gasteiger partial charge in [0.05, 0.1) is 18.4 Å². The van der Waals surface area contributed by atoms with Crippen molar-refractivity contribution in [1.29, 1.82) is 0 Å². The van der Waals surface area contributed by atoms with E-state index in [2.05, 4.69) is 5.32 Å². The Kier molecular flexibility index (Phi) is 1.46. The Bertz CT molecular complexity index is 314. The van der Waals surface area contributed by atoms with E-state index in [0.717, 1.165) is 0 Å². The van der Waals surface area contributed by atoms with Crippen LogP contribution in [-0.2, 0) is 14.3 Å².